The molecule has 0 aliphatic heterocycles. The van der Waals surface area contributed by atoms with Gasteiger partial charge in [-0.3, -0.25) is 0 Å². The summed E-state index contributed by atoms with van der Waals surface area (Å²) < 4.78 is 4.86. The maximum absolute atomic E-state index is 10.2. The maximum atomic E-state index is 10.2. The van der Waals surface area contributed by atoms with Crippen LogP contribution in [0.1, 0.15) is 8.42 Å². The van der Waals surface area contributed by atoms with Crippen LogP contribution in [0.5, 0.6) is 11.5 Å². The molecule has 0 aliphatic carbocycles. The van der Waals surface area contributed by atoms with Crippen LogP contribution < -0.4 is 4.74 Å². The van der Waals surface area contributed by atoms with Gasteiger partial charge in [-0.05, 0) is 23.8 Å². The standard InChI is InChI=1S/C10H10O4.Ca.2H/c1-14-9-6-7(2-4-8(9)11)3-5-10(12)13;;;/h2-6,11H,1H3,(H,12,13);;;/q;+2;2*-1. The number of hydrogen-bond donors (Lipinski definition) is 2. The molecule has 0 atom stereocenters. The van der Waals surface area contributed by atoms with Crippen molar-refractivity contribution >= 4 is 49.8 Å². The zero-order valence-electron chi connectivity index (χ0n) is 10.3. The van der Waals surface area contributed by atoms with Gasteiger partial charge in [0.1, 0.15) is 0 Å². The number of ether oxygens (including phenoxy) is 1. The fraction of sp³-hybridized carbons (Fsp3) is 0.100. The predicted octanol–water partition coefficient (Wildman–Crippen LogP) is 1.34. The Morgan fingerprint density at radius 1 is 1.53 bits per heavy atom. The van der Waals surface area contributed by atoms with E-state index >= 15 is 0 Å². The minimum Gasteiger partial charge on any atom is -1.00 e. The van der Waals surface area contributed by atoms with Gasteiger partial charge >= 0.3 is 43.7 Å². The van der Waals surface area contributed by atoms with Crippen molar-refractivity contribution < 1.29 is 22.6 Å². The summed E-state index contributed by atoms with van der Waals surface area (Å²) in [4.78, 5) is 10.2. The summed E-state index contributed by atoms with van der Waals surface area (Å²) in [6, 6.07) is 4.59. The third kappa shape index (κ3) is 4.55. The van der Waals surface area contributed by atoms with Gasteiger partial charge in [0.25, 0.3) is 0 Å². The van der Waals surface area contributed by atoms with Crippen molar-refractivity contribution in [2.24, 2.45) is 0 Å². The molecule has 4 nitrogen and oxygen atoms in total. The fourth-order valence-electron chi connectivity index (χ4n) is 0.965. The maximum Gasteiger partial charge on any atom is 2.00 e. The second-order valence-electron chi connectivity index (χ2n) is 2.60. The van der Waals surface area contributed by atoms with Crippen molar-refractivity contribution in [3.05, 3.63) is 29.8 Å². The molecular formula is C10H12CaO4. The molecule has 1 aromatic carbocycles. The van der Waals surface area contributed by atoms with E-state index in [1.54, 1.807) is 12.1 Å². The number of phenolic OH excluding ortho intramolecular Hbond substituents is 1. The zero-order valence-corrected chi connectivity index (χ0v) is 10.5. The van der Waals surface area contributed by atoms with Gasteiger partial charge in [-0.1, -0.05) is 6.07 Å². The van der Waals surface area contributed by atoms with Crippen LogP contribution in [0, 0.1) is 0 Å². The molecule has 0 heterocycles. The molecule has 1 rings (SSSR count). The van der Waals surface area contributed by atoms with E-state index in [9.17, 15) is 9.90 Å². The van der Waals surface area contributed by atoms with Crippen LogP contribution in [0.25, 0.3) is 6.08 Å². The molecule has 0 fully saturated rings. The van der Waals surface area contributed by atoms with Crippen molar-refractivity contribution in [3.63, 3.8) is 0 Å². The Balaban J connectivity index is -0.000000653. The SMILES string of the molecule is COc1cc(C=CC(=O)O)ccc1O.[Ca+2].[H-].[H-]. The molecule has 0 radical (unpaired) electrons. The van der Waals surface area contributed by atoms with Gasteiger partial charge in [-0.15, -0.1) is 0 Å². The van der Waals surface area contributed by atoms with E-state index in [1.807, 2.05) is 0 Å². The van der Waals surface area contributed by atoms with Crippen LogP contribution in [0.15, 0.2) is 24.3 Å². The summed E-state index contributed by atoms with van der Waals surface area (Å²) in [5.74, 6) is -0.672. The number of benzene rings is 1. The molecule has 0 spiro atoms. The minimum atomic E-state index is -1.02. The van der Waals surface area contributed by atoms with E-state index in [2.05, 4.69) is 0 Å². The van der Waals surface area contributed by atoms with Gasteiger partial charge in [0, 0.05) is 6.08 Å². The van der Waals surface area contributed by atoms with Crippen molar-refractivity contribution in [2.45, 2.75) is 0 Å². The van der Waals surface area contributed by atoms with E-state index in [4.69, 9.17) is 9.84 Å². The Hall–Kier alpha value is -0.710. The van der Waals surface area contributed by atoms with Gasteiger partial charge in [0.15, 0.2) is 11.5 Å². The number of hydrogen-bond acceptors (Lipinski definition) is 3. The first-order chi connectivity index (χ1) is 6.63. The zero-order chi connectivity index (χ0) is 10.6. The fourth-order valence-corrected chi connectivity index (χ4v) is 0.965. The largest absolute Gasteiger partial charge is 2.00 e. The van der Waals surface area contributed by atoms with E-state index in [1.165, 1.54) is 19.3 Å². The van der Waals surface area contributed by atoms with E-state index < -0.39 is 5.97 Å². The summed E-state index contributed by atoms with van der Waals surface area (Å²) >= 11 is 0. The first kappa shape index (κ1) is 14.3. The summed E-state index contributed by atoms with van der Waals surface area (Å²) in [5, 5.41) is 17.6. The van der Waals surface area contributed by atoms with Crippen LogP contribution in [0.2, 0.25) is 0 Å². The molecule has 2 N–H and O–H groups in total. The molecule has 0 unspecified atom stereocenters. The van der Waals surface area contributed by atoms with Crippen LogP contribution in [0.3, 0.4) is 0 Å². The Labute approximate surface area is 120 Å². The normalized spacial score (nSPS) is 9.67. The summed E-state index contributed by atoms with van der Waals surface area (Å²) in [6.07, 6.45) is 2.44. The number of carbonyl (C=O) groups is 1. The Morgan fingerprint density at radius 2 is 2.20 bits per heavy atom. The molecule has 0 aliphatic rings. The Morgan fingerprint density at radius 3 is 2.73 bits per heavy atom. The molecule has 0 aromatic heterocycles. The van der Waals surface area contributed by atoms with Gasteiger partial charge in [-0.25, -0.2) is 4.79 Å². The average molecular weight is 236 g/mol. The van der Waals surface area contributed by atoms with Gasteiger partial charge in [0.05, 0.1) is 7.11 Å². The van der Waals surface area contributed by atoms with Gasteiger partial charge < -0.3 is 17.8 Å². The van der Waals surface area contributed by atoms with Crippen molar-refractivity contribution in [3.8, 4) is 11.5 Å². The molecule has 0 saturated heterocycles. The van der Waals surface area contributed by atoms with Crippen molar-refractivity contribution in [2.75, 3.05) is 7.11 Å². The summed E-state index contributed by atoms with van der Waals surface area (Å²) in [6.45, 7) is 0. The second-order valence-corrected chi connectivity index (χ2v) is 2.60. The third-order valence-corrected chi connectivity index (χ3v) is 1.62. The smallest absolute Gasteiger partial charge is 1.00 e. The Kier molecular flexibility index (Phi) is 6.40. The third-order valence-electron chi connectivity index (χ3n) is 1.62. The number of aromatic hydroxyl groups is 1. The Bertz CT molecular complexity index is 383. The first-order valence-corrected chi connectivity index (χ1v) is 3.91. The van der Waals surface area contributed by atoms with E-state index in [-0.39, 0.29) is 46.3 Å². The quantitative estimate of drug-likeness (QED) is 0.614. The number of methoxy groups -OCH3 is 1. The summed E-state index contributed by atoms with van der Waals surface area (Å²) in [5.41, 5.74) is 0.655. The van der Waals surface area contributed by atoms with Crippen LogP contribution >= 0.6 is 0 Å². The minimum absolute atomic E-state index is 0. The number of carboxylic acid groups (broad SMARTS) is 1. The second kappa shape index (κ2) is 6.71. The number of carboxylic acids is 1. The molecule has 1 aromatic rings. The number of aliphatic carboxylic acids is 1. The molecule has 0 amide bonds. The molecule has 0 bridgehead atoms. The molecule has 15 heavy (non-hydrogen) atoms. The number of rotatable bonds is 3. The average Bonchev–Trinajstić information content (AvgIpc) is 2.16. The van der Waals surface area contributed by atoms with E-state index in [0.717, 1.165) is 6.08 Å². The molecule has 78 valence electrons. The van der Waals surface area contributed by atoms with Gasteiger partial charge in [0.2, 0.25) is 0 Å². The van der Waals surface area contributed by atoms with Gasteiger partial charge in [-0.2, -0.15) is 0 Å². The topological polar surface area (TPSA) is 66.8 Å². The van der Waals surface area contributed by atoms with E-state index in [0.29, 0.717) is 11.3 Å². The van der Waals surface area contributed by atoms with Crippen LogP contribution in [0.4, 0.5) is 0 Å². The first-order valence-electron chi connectivity index (χ1n) is 3.91. The van der Waals surface area contributed by atoms with Crippen LogP contribution in [-0.4, -0.2) is 61.0 Å². The van der Waals surface area contributed by atoms with Crippen molar-refractivity contribution in [1.82, 2.24) is 0 Å². The molecule has 0 saturated carbocycles. The monoisotopic (exact) mass is 236 g/mol. The molecular weight excluding hydrogens is 224 g/mol. The number of phenols is 1. The summed E-state index contributed by atoms with van der Waals surface area (Å²) in [7, 11) is 1.43. The van der Waals surface area contributed by atoms with Crippen molar-refractivity contribution in [1.29, 1.82) is 0 Å². The predicted molar refractivity (Wildman–Crippen MR) is 59.3 cm³/mol. The van der Waals surface area contributed by atoms with Crippen LogP contribution in [-0.2, 0) is 4.79 Å². The molecule has 5 heteroatoms.